The van der Waals surface area contributed by atoms with Gasteiger partial charge in [0.2, 0.25) is 0 Å². The number of aliphatic carboxylic acids is 1. The Morgan fingerprint density at radius 2 is 2.25 bits per heavy atom. The van der Waals surface area contributed by atoms with Gasteiger partial charge in [0.1, 0.15) is 0 Å². The van der Waals surface area contributed by atoms with E-state index in [0.29, 0.717) is 6.61 Å². The first-order chi connectivity index (χ1) is 9.67. The van der Waals surface area contributed by atoms with Crippen LogP contribution in [0.4, 0.5) is 0 Å². The lowest BCUT2D eigenvalue weighted by Gasteiger charge is -2.31. The van der Waals surface area contributed by atoms with Crippen LogP contribution in [0.1, 0.15) is 31.7 Å². The molecule has 20 heavy (non-hydrogen) atoms. The monoisotopic (exact) mass is 281 g/mol. The molecule has 0 atom stereocenters. The maximum Gasteiger partial charge on any atom is 0.305 e. The van der Waals surface area contributed by atoms with Crippen molar-refractivity contribution >= 4 is 5.97 Å². The summed E-state index contributed by atoms with van der Waals surface area (Å²) >= 11 is 0. The maximum absolute atomic E-state index is 10.4. The molecule has 1 aromatic rings. The van der Waals surface area contributed by atoms with Crippen molar-refractivity contribution in [3.8, 4) is 0 Å². The van der Waals surface area contributed by atoms with Crippen LogP contribution in [0, 0.1) is 0 Å². The van der Waals surface area contributed by atoms with E-state index in [1.807, 2.05) is 10.9 Å². The fourth-order valence-corrected chi connectivity index (χ4v) is 2.47. The van der Waals surface area contributed by atoms with Gasteiger partial charge in [0.15, 0.2) is 0 Å². The van der Waals surface area contributed by atoms with Crippen LogP contribution in [0.15, 0.2) is 12.4 Å². The lowest BCUT2D eigenvalue weighted by molar-refractivity contribution is -0.138. The Morgan fingerprint density at radius 1 is 1.50 bits per heavy atom. The Morgan fingerprint density at radius 3 is 2.85 bits per heavy atom. The van der Waals surface area contributed by atoms with Crippen molar-refractivity contribution in [1.82, 2.24) is 14.7 Å². The number of rotatable bonds is 7. The highest BCUT2D eigenvalue weighted by Gasteiger charge is 2.20. The van der Waals surface area contributed by atoms with Crippen molar-refractivity contribution < 1.29 is 14.6 Å². The van der Waals surface area contributed by atoms with Gasteiger partial charge in [-0.15, -0.1) is 0 Å². The van der Waals surface area contributed by atoms with E-state index in [1.165, 1.54) is 5.56 Å². The molecular formula is C14H23N3O3. The van der Waals surface area contributed by atoms with Gasteiger partial charge in [-0.3, -0.25) is 14.4 Å². The van der Waals surface area contributed by atoms with E-state index in [9.17, 15) is 4.79 Å². The lowest BCUT2D eigenvalue weighted by Crippen LogP contribution is -2.36. The highest BCUT2D eigenvalue weighted by molar-refractivity contribution is 5.66. The Kier molecular flexibility index (Phi) is 5.55. The quantitative estimate of drug-likeness (QED) is 0.817. The van der Waals surface area contributed by atoms with Crippen molar-refractivity contribution in [2.75, 3.05) is 19.7 Å². The zero-order valence-corrected chi connectivity index (χ0v) is 12.0. The van der Waals surface area contributed by atoms with Gasteiger partial charge in [0.25, 0.3) is 0 Å². The Labute approximate surface area is 119 Å². The fourth-order valence-electron chi connectivity index (χ4n) is 2.47. The van der Waals surface area contributed by atoms with Crippen LogP contribution in [0.25, 0.3) is 0 Å². The number of hydrogen-bond donors (Lipinski definition) is 1. The summed E-state index contributed by atoms with van der Waals surface area (Å²) in [5.41, 5.74) is 1.25. The number of piperidine rings is 1. The summed E-state index contributed by atoms with van der Waals surface area (Å²) in [6.07, 6.45) is 6.28. The van der Waals surface area contributed by atoms with Crippen LogP contribution in [-0.2, 0) is 22.6 Å². The minimum absolute atomic E-state index is 0.0937. The van der Waals surface area contributed by atoms with Gasteiger partial charge in [-0.25, -0.2) is 0 Å². The molecule has 0 radical (unpaired) electrons. The molecule has 0 unspecified atom stereocenters. The SMILES string of the molecule is CCn1cc(CN2CCC(OCCC(=O)O)CC2)cn1. The molecule has 0 amide bonds. The van der Waals surface area contributed by atoms with E-state index in [0.717, 1.165) is 39.0 Å². The number of aromatic nitrogens is 2. The van der Waals surface area contributed by atoms with E-state index in [4.69, 9.17) is 9.84 Å². The third-order valence-electron chi connectivity index (χ3n) is 3.62. The number of nitrogens with zero attached hydrogens (tertiary/aromatic N) is 3. The van der Waals surface area contributed by atoms with Gasteiger partial charge in [-0.05, 0) is 19.8 Å². The summed E-state index contributed by atoms with van der Waals surface area (Å²) in [7, 11) is 0. The summed E-state index contributed by atoms with van der Waals surface area (Å²) < 4.78 is 7.53. The van der Waals surface area contributed by atoms with Gasteiger partial charge >= 0.3 is 5.97 Å². The predicted octanol–water partition coefficient (Wildman–Crippen LogP) is 1.36. The van der Waals surface area contributed by atoms with E-state index < -0.39 is 5.97 Å². The van der Waals surface area contributed by atoms with Crippen LogP contribution in [0.3, 0.4) is 0 Å². The van der Waals surface area contributed by atoms with E-state index in [2.05, 4.69) is 23.1 Å². The molecule has 112 valence electrons. The third-order valence-corrected chi connectivity index (χ3v) is 3.62. The number of hydrogen-bond acceptors (Lipinski definition) is 4. The number of aryl methyl sites for hydroxylation is 1. The smallest absolute Gasteiger partial charge is 0.305 e. The van der Waals surface area contributed by atoms with Crippen molar-refractivity contribution in [3.63, 3.8) is 0 Å². The highest BCUT2D eigenvalue weighted by atomic mass is 16.5. The van der Waals surface area contributed by atoms with Crippen molar-refractivity contribution in [3.05, 3.63) is 18.0 Å². The maximum atomic E-state index is 10.4. The van der Waals surface area contributed by atoms with Crippen molar-refractivity contribution in [2.24, 2.45) is 0 Å². The molecular weight excluding hydrogens is 258 g/mol. The molecule has 0 saturated carbocycles. The first kappa shape index (κ1) is 15.0. The molecule has 0 aromatic carbocycles. The van der Waals surface area contributed by atoms with Gasteiger partial charge in [0.05, 0.1) is 25.3 Å². The third kappa shape index (κ3) is 4.61. The zero-order chi connectivity index (χ0) is 14.4. The Bertz CT molecular complexity index is 425. The molecule has 6 nitrogen and oxygen atoms in total. The second-order valence-corrected chi connectivity index (χ2v) is 5.19. The second-order valence-electron chi connectivity index (χ2n) is 5.19. The van der Waals surface area contributed by atoms with Crippen LogP contribution in [0.5, 0.6) is 0 Å². The average molecular weight is 281 g/mol. The number of likely N-dealkylation sites (tertiary alicyclic amines) is 1. The van der Waals surface area contributed by atoms with Crippen LogP contribution in [0.2, 0.25) is 0 Å². The lowest BCUT2D eigenvalue weighted by atomic mass is 10.1. The second kappa shape index (κ2) is 7.40. The first-order valence-corrected chi connectivity index (χ1v) is 7.24. The van der Waals surface area contributed by atoms with Crippen molar-refractivity contribution in [2.45, 2.75) is 45.4 Å². The molecule has 1 aromatic heterocycles. The molecule has 0 aliphatic carbocycles. The fraction of sp³-hybridized carbons (Fsp3) is 0.714. The molecule has 1 aliphatic rings. The summed E-state index contributed by atoms with van der Waals surface area (Å²) in [5.74, 6) is -0.796. The number of carboxylic acid groups (broad SMARTS) is 1. The molecule has 1 fully saturated rings. The van der Waals surface area contributed by atoms with Crippen LogP contribution < -0.4 is 0 Å². The highest BCUT2D eigenvalue weighted by Crippen LogP contribution is 2.16. The van der Waals surface area contributed by atoms with E-state index in [1.54, 1.807) is 0 Å². The molecule has 2 rings (SSSR count). The van der Waals surface area contributed by atoms with Gasteiger partial charge in [-0.1, -0.05) is 0 Å². The number of ether oxygens (including phenoxy) is 1. The Balaban J connectivity index is 1.67. The Hall–Kier alpha value is -1.40. The topological polar surface area (TPSA) is 67.6 Å². The predicted molar refractivity (Wildman–Crippen MR) is 74.4 cm³/mol. The molecule has 0 spiro atoms. The molecule has 1 saturated heterocycles. The normalized spacial score (nSPS) is 17.4. The van der Waals surface area contributed by atoms with Crippen molar-refractivity contribution in [1.29, 1.82) is 0 Å². The van der Waals surface area contributed by atoms with Crippen LogP contribution in [-0.4, -0.2) is 51.6 Å². The standard InChI is InChI=1S/C14H23N3O3/c1-2-17-11-12(9-15-17)10-16-6-3-13(4-7-16)20-8-5-14(18)19/h9,11,13H,2-8,10H2,1H3,(H,18,19). The number of carbonyl (C=O) groups is 1. The first-order valence-electron chi connectivity index (χ1n) is 7.24. The van der Waals surface area contributed by atoms with E-state index in [-0.39, 0.29) is 12.5 Å². The molecule has 2 heterocycles. The minimum atomic E-state index is -0.796. The minimum Gasteiger partial charge on any atom is -0.481 e. The van der Waals surface area contributed by atoms with Crippen LogP contribution >= 0.6 is 0 Å². The molecule has 1 aliphatic heterocycles. The van der Waals surface area contributed by atoms with E-state index >= 15 is 0 Å². The largest absolute Gasteiger partial charge is 0.481 e. The summed E-state index contributed by atoms with van der Waals surface area (Å²) in [4.78, 5) is 12.8. The number of carboxylic acids is 1. The summed E-state index contributed by atoms with van der Waals surface area (Å²) in [6.45, 7) is 6.23. The van der Waals surface area contributed by atoms with Gasteiger partial charge in [-0.2, -0.15) is 5.10 Å². The van der Waals surface area contributed by atoms with Gasteiger partial charge in [0, 0.05) is 37.9 Å². The summed E-state index contributed by atoms with van der Waals surface area (Å²) in [6, 6.07) is 0. The molecule has 0 bridgehead atoms. The molecule has 1 N–H and O–H groups in total. The molecule has 6 heteroatoms. The zero-order valence-electron chi connectivity index (χ0n) is 12.0. The summed E-state index contributed by atoms with van der Waals surface area (Å²) in [5, 5.41) is 12.9. The van der Waals surface area contributed by atoms with Gasteiger partial charge < -0.3 is 9.84 Å². The average Bonchev–Trinajstić information content (AvgIpc) is 2.88.